The highest BCUT2D eigenvalue weighted by atomic mass is 127. The Morgan fingerprint density at radius 3 is 2.75 bits per heavy atom. The van der Waals surface area contributed by atoms with Crippen LogP contribution in [0.4, 0.5) is 0 Å². The fourth-order valence-corrected chi connectivity index (χ4v) is 2.14. The first-order valence-electron chi connectivity index (χ1n) is 5.33. The van der Waals surface area contributed by atoms with Crippen LogP contribution in [0.5, 0.6) is 0 Å². The molecule has 1 unspecified atom stereocenters. The number of rotatable bonds is 1. The number of halogens is 1. The number of hydrogen-bond acceptors (Lipinski definition) is 2. The van der Waals surface area contributed by atoms with Crippen molar-refractivity contribution in [3.63, 3.8) is 0 Å². The van der Waals surface area contributed by atoms with Gasteiger partial charge in [0, 0.05) is 22.2 Å². The number of carbonyl (C=O) groups excluding carboxylic acids is 1. The Labute approximate surface area is 109 Å². The van der Waals surface area contributed by atoms with Crippen LogP contribution in [0.2, 0.25) is 0 Å². The van der Waals surface area contributed by atoms with Gasteiger partial charge in [-0.2, -0.15) is 0 Å². The Hall–Kier alpha value is -0.620. The molecule has 86 valence electrons. The van der Waals surface area contributed by atoms with E-state index in [1.807, 2.05) is 36.1 Å². The monoisotopic (exact) mass is 331 g/mol. The van der Waals surface area contributed by atoms with Crippen molar-refractivity contribution in [1.82, 2.24) is 4.90 Å². The van der Waals surface area contributed by atoms with E-state index in [1.54, 1.807) is 0 Å². The molecule has 4 heteroatoms. The van der Waals surface area contributed by atoms with Crippen molar-refractivity contribution in [3.05, 3.63) is 33.4 Å². The third-order valence-corrected chi connectivity index (χ3v) is 3.34. The van der Waals surface area contributed by atoms with E-state index in [9.17, 15) is 4.79 Å². The number of morpholine rings is 1. The van der Waals surface area contributed by atoms with E-state index in [0.717, 1.165) is 9.13 Å². The molecule has 1 saturated heterocycles. The van der Waals surface area contributed by atoms with Crippen LogP contribution in [0.3, 0.4) is 0 Å². The lowest BCUT2D eigenvalue weighted by atomic mass is 10.2. The summed E-state index contributed by atoms with van der Waals surface area (Å²) in [5.41, 5.74) is 0.759. The number of benzene rings is 1. The largest absolute Gasteiger partial charge is 0.375 e. The molecule has 0 aliphatic carbocycles. The van der Waals surface area contributed by atoms with Crippen molar-refractivity contribution in [2.75, 3.05) is 19.7 Å². The summed E-state index contributed by atoms with van der Waals surface area (Å²) >= 11 is 2.23. The number of ether oxygens (including phenoxy) is 1. The van der Waals surface area contributed by atoms with Gasteiger partial charge < -0.3 is 9.64 Å². The summed E-state index contributed by atoms with van der Waals surface area (Å²) in [6.07, 6.45) is 0.140. The van der Waals surface area contributed by atoms with E-state index in [0.29, 0.717) is 19.7 Å². The molecule has 1 amide bonds. The molecule has 0 saturated carbocycles. The van der Waals surface area contributed by atoms with E-state index in [1.165, 1.54) is 0 Å². The number of amides is 1. The van der Waals surface area contributed by atoms with Crippen LogP contribution in [0, 0.1) is 3.57 Å². The summed E-state index contributed by atoms with van der Waals surface area (Å²) in [7, 11) is 0. The van der Waals surface area contributed by atoms with Gasteiger partial charge in [-0.05, 0) is 53.8 Å². The molecule has 1 aliphatic heterocycles. The first kappa shape index (κ1) is 11.9. The summed E-state index contributed by atoms with van der Waals surface area (Å²) in [4.78, 5) is 14.0. The zero-order chi connectivity index (χ0) is 11.5. The lowest BCUT2D eigenvalue weighted by molar-refractivity contribution is -0.0124. The van der Waals surface area contributed by atoms with Crippen LogP contribution in [0.25, 0.3) is 0 Å². The zero-order valence-electron chi connectivity index (χ0n) is 9.15. The van der Waals surface area contributed by atoms with Crippen molar-refractivity contribution in [1.29, 1.82) is 0 Å². The first-order chi connectivity index (χ1) is 7.66. The van der Waals surface area contributed by atoms with Gasteiger partial charge in [0.25, 0.3) is 5.91 Å². The van der Waals surface area contributed by atoms with Crippen molar-refractivity contribution >= 4 is 28.5 Å². The van der Waals surface area contributed by atoms with Crippen LogP contribution < -0.4 is 0 Å². The Balaban J connectivity index is 2.09. The average molecular weight is 331 g/mol. The lowest BCUT2D eigenvalue weighted by Crippen LogP contribution is -2.44. The molecule has 16 heavy (non-hydrogen) atoms. The second-order valence-electron chi connectivity index (χ2n) is 3.94. The van der Waals surface area contributed by atoms with Gasteiger partial charge in [-0.15, -0.1) is 0 Å². The maximum Gasteiger partial charge on any atom is 0.254 e. The van der Waals surface area contributed by atoms with Crippen molar-refractivity contribution < 1.29 is 9.53 Å². The Bertz CT molecular complexity index is 377. The molecule has 0 aromatic heterocycles. The average Bonchev–Trinajstić information content (AvgIpc) is 2.29. The molecule has 1 aromatic carbocycles. The summed E-state index contributed by atoms with van der Waals surface area (Å²) in [5, 5.41) is 0. The van der Waals surface area contributed by atoms with Crippen LogP contribution in [-0.2, 0) is 4.74 Å². The molecule has 2 rings (SSSR count). The molecule has 0 spiro atoms. The molecule has 1 aliphatic rings. The van der Waals surface area contributed by atoms with Crippen LogP contribution in [0.1, 0.15) is 17.3 Å². The van der Waals surface area contributed by atoms with Gasteiger partial charge in [0.15, 0.2) is 0 Å². The van der Waals surface area contributed by atoms with Crippen LogP contribution in [0.15, 0.2) is 24.3 Å². The highest BCUT2D eigenvalue weighted by Crippen LogP contribution is 2.12. The zero-order valence-corrected chi connectivity index (χ0v) is 11.3. The second kappa shape index (κ2) is 5.14. The van der Waals surface area contributed by atoms with E-state index in [4.69, 9.17) is 4.74 Å². The molecular formula is C12H14INO2. The Kier molecular flexibility index (Phi) is 3.81. The Morgan fingerprint density at radius 1 is 1.44 bits per heavy atom. The number of nitrogens with zero attached hydrogens (tertiary/aromatic N) is 1. The summed E-state index contributed by atoms with van der Waals surface area (Å²) in [5.74, 6) is 0.103. The van der Waals surface area contributed by atoms with Crippen molar-refractivity contribution in [3.8, 4) is 0 Å². The lowest BCUT2D eigenvalue weighted by Gasteiger charge is -2.31. The predicted molar refractivity (Wildman–Crippen MR) is 70.5 cm³/mol. The quantitative estimate of drug-likeness (QED) is 0.738. The molecular weight excluding hydrogens is 317 g/mol. The van der Waals surface area contributed by atoms with Crippen LogP contribution >= 0.6 is 22.6 Å². The van der Waals surface area contributed by atoms with Gasteiger partial charge in [0.1, 0.15) is 0 Å². The van der Waals surface area contributed by atoms with Crippen molar-refractivity contribution in [2.24, 2.45) is 0 Å². The fraction of sp³-hybridized carbons (Fsp3) is 0.417. The molecule has 1 heterocycles. The molecule has 1 fully saturated rings. The van der Waals surface area contributed by atoms with Gasteiger partial charge in [0.05, 0.1) is 12.7 Å². The van der Waals surface area contributed by atoms with E-state index in [2.05, 4.69) is 22.6 Å². The normalized spacial score (nSPS) is 20.9. The highest BCUT2D eigenvalue weighted by Gasteiger charge is 2.22. The minimum Gasteiger partial charge on any atom is -0.375 e. The third kappa shape index (κ3) is 2.74. The van der Waals surface area contributed by atoms with Gasteiger partial charge in [-0.1, -0.05) is 0 Å². The minimum atomic E-state index is 0.103. The van der Waals surface area contributed by atoms with Gasteiger partial charge in [-0.25, -0.2) is 0 Å². The summed E-state index contributed by atoms with van der Waals surface area (Å²) in [6.45, 7) is 4.00. The summed E-state index contributed by atoms with van der Waals surface area (Å²) < 4.78 is 6.56. The van der Waals surface area contributed by atoms with E-state index in [-0.39, 0.29) is 12.0 Å². The third-order valence-electron chi connectivity index (χ3n) is 2.62. The second-order valence-corrected chi connectivity index (χ2v) is 5.19. The molecule has 0 bridgehead atoms. The fourth-order valence-electron chi connectivity index (χ4n) is 1.78. The molecule has 3 nitrogen and oxygen atoms in total. The van der Waals surface area contributed by atoms with Crippen molar-refractivity contribution in [2.45, 2.75) is 13.0 Å². The van der Waals surface area contributed by atoms with Gasteiger partial charge in [-0.3, -0.25) is 4.79 Å². The van der Waals surface area contributed by atoms with E-state index >= 15 is 0 Å². The Morgan fingerprint density at radius 2 is 2.12 bits per heavy atom. The smallest absolute Gasteiger partial charge is 0.254 e. The maximum absolute atomic E-state index is 12.1. The summed E-state index contributed by atoms with van der Waals surface area (Å²) in [6, 6.07) is 7.67. The first-order valence-corrected chi connectivity index (χ1v) is 6.41. The van der Waals surface area contributed by atoms with Crippen LogP contribution in [-0.4, -0.2) is 36.6 Å². The molecule has 0 N–H and O–H groups in total. The maximum atomic E-state index is 12.1. The standard InChI is InChI=1S/C12H14INO2/c1-9-8-14(6-7-16-9)12(15)10-2-4-11(13)5-3-10/h2-5,9H,6-8H2,1H3. The number of hydrogen-bond donors (Lipinski definition) is 0. The molecule has 1 aromatic rings. The van der Waals surface area contributed by atoms with E-state index < -0.39 is 0 Å². The highest BCUT2D eigenvalue weighted by molar-refractivity contribution is 14.1. The van der Waals surface area contributed by atoms with Gasteiger partial charge >= 0.3 is 0 Å². The predicted octanol–water partition coefficient (Wildman–Crippen LogP) is 2.15. The SMILES string of the molecule is CC1CN(C(=O)c2ccc(I)cc2)CCO1. The molecule has 0 radical (unpaired) electrons. The van der Waals surface area contributed by atoms with Gasteiger partial charge in [0.2, 0.25) is 0 Å². The number of carbonyl (C=O) groups is 1. The minimum absolute atomic E-state index is 0.103. The molecule has 1 atom stereocenters. The topological polar surface area (TPSA) is 29.5 Å².